The van der Waals surface area contributed by atoms with E-state index in [1.54, 1.807) is 0 Å². The van der Waals surface area contributed by atoms with Crippen LogP contribution in [-0.4, -0.2) is 25.1 Å². The van der Waals surface area contributed by atoms with Crippen molar-refractivity contribution >= 4 is 11.6 Å². The van der Waals surface area contributed by atoms with Crippen molar-refractivity contribution in [3.63, 3.8) is 0 Å². The highest BCUT2D eigenvalue weighted by molar-refractivity contribution is 5.46. The maximum atomic E-state index is 4.62. The third-order valence-electron chi connectivity index (χ3n) is 3.49. The summed E-state index contributed by atoms with van der Waals surface area (Å²) in [5.74, 6) is 2.92. The van der Waals surface area contributed by atoms with E-state index in [-0.39, 0.29) is 0 Å². The highest BCUT2D eigenvalue weighted by Gasteiger charge is 2.17. The van der Waals surface area contributed by atoms with E-state index < -0.39 is 0 Å². The van der Waals surface area contributed by atoms with E-state index in [0.717, 1.165) is 30.6 Å². The second-order valence-corrected chi connectivity index (χ2v) is 4.94. The van der Waals surface area contributed by atoms with Crippen LogP contribution in [0.2, 0.25) is 0 Å². The van der Waals surface area contributed by atoms with Crippen molar-refractivity contribution in [1.29, 1.82) is 0 Å². The van der Waals surface area contributed by atoms with Crippen LogP contribution in [-0.2, 0) is 0 Å². The average molecular weight is 233 g/mol. The quantitative estimate of drug-likeness (QED) is 0.847. The zero-order valence-electron chi connectivity index (χ0n) is 10.9. The van der Waals surface area contributed by atoms with E-state index in [9.17, 15) is 0 Å². The molecule has 94 valence electrons. The largest absolute Gasteiger partial charge is 0.370 e. The van der Waals surface area contributed by atoms with Crippen LogP contribution in [0.4, 0.5) is 11.6 Å². The average Bonchev–Trinajstić information content (AvgIpc) is 2.83. The molecule has 0 amide bonds. The van der Waals surface area contributed by atoms with Gasteiger partial charge in [-0.1, -0.05) is 18.9 Å². The monoisotopic (exact) mass is 233 g/mol. The van der Waals surface area contributed by atoms with Crippen molar-refractivity contribution in [2.45, 2.75) is 32.6 Å². The molecular formula is C14H23N3. The summed E-state index contributed by atoms with van der Waals surface area (Å²) >= 11 is 0. The summed E-state index contributed by atoms with van der Waals surface area (Å²) in [7, 11) is 2.15. The zero-order chi connectivity index (χ0) is 12.1. The molecular weight excluding hydrogens is 210 g/mol. The Morgan fingerprint density at radius 2 is 2.12 bits per heavy atom. The molecule has 0 aromatic carbocycles. The van der Waals surface area contributed by atoms with Gasteiger partial charge >= 0.3 is 0 Å². The smallest absolute Gasteiger partial charge is 0.130 e. The fraction of sp³-hybridized carbons (Fsp3) is 0.643. The highest BCUT2D eigenvalue weighted by atomic mass is 15.2. The first kappa shape index (κ1) is 12.2. The topological polar surface area (TPSA) is 28.2 Å². The molecule has 0 unspecified atom stereocenters. The number of nitrogens with one attached hydrogen (secondary N) is 1. The first-order chi connectivity index (χ1) is 8.29. The van der Waals surface area contributed by atoms with E-state index in [1.165, 1.54) is 25.7 Å². The summed E-state index contributed by atoms with van der Waals surface area (Å²) in [6.45, 7) is 4.15. The zero-order valence-corrected chi connectivity index (χ0v) is 10.9. The molecule has 3 heteroatoms. The van der Waals surface area contributed by atoms with E-state index in [1.807, 2.05) is 6.07 Å². The third kappa shape index (κ3) is 3.35. The SMILES string of the molecule is CCNc1cccc(N(C)CC2CCCC2)n1. The molecule has 0 aliphatic heterocycles. The van der Waals surface area contributed by atoms with Crippen LogP contribution >= 0.6 is 0 Å². The highest BCUT2D eigenvalue weighted by Crippen LogP contribution is 2.26. The molecule has 0 spiro atoms. The van der Waals surface area contributed by atoms with Crippen molar-refractivity contribution in [2.24, 2.45) is 5.92 Å². The van der Waals surface area contributed by atoms with Gasteiger partial charge < -0.3 is 10.2 Å². The maximum absolute atomic E-state index is 4.62. The standard InChI is InChI=1S/C14H23N3/c1-3-15-13-9-6-10-14(16-13)17(2)11-12-7-4-5-8-12/h6,9-10,12H,3-5,7-8,11H2,1-2H3,(H,15,16). The van der Waals surface area contributed by atoms with Crippen molar-refractivity contribution in [3.05, 3.63) is 18.2 Å². The first-order valence-corrected chi connectivity index (χ1v) is 6.71. The summed E-state index contributed by atoms with van der Waals surface area (Å²) in [6, 6.07) is 6.19. The Morgan fingerprint density at radius 1 is 1.35 bits per heavy atom. The van der Waals surface area contributed by atoms with Gasteiger partial charge in [0.1, 0.15) is 11.6 Å². The Morgan fingerprint density at radius 3 is 2.82 bits per heavy atom. The summed E-state index contributed by atoms with van der Waals surface area (Å²) in [5, 5.41) is 3.26. The minimum Gasteiger partial charge on any atom is -0.370 e. The lowest BCUT2D eigenvalue weighted by molar-refractivity contribution is 0.545. The van der Waals surface area contributed by atoms with E-state index in [4.69, 9.17) is 0 Å². The molecule has 17 heavy (non-hydrogen) atoms. The molecule has 0 saturated heterocycles. The number of hydrogen-bond donors (Lipinski definition) is 1. The van der Waals surface area contributed by atoms with Crippen molar-refractivity contribution < 1.29 is 0 Å². The molecule has 1 fully saturated rings. The van der Waals surface area contributed by atoms with Crippen LogP contribution in [0, 0.1) is 5.92 Å². The minimum atomic E-state index is 0.865. The Labute approximate surface area is 104 Å². The summed E-state index contributed by atoms with van der Waals surface area (Å²) in [5.41, 5.74) is 0. The molecule has 1 aliphatic rings. The lowest BCUT2D eigenvalue weighted by Gasteiger charge is -2.22. The number of rotatable bonds is 5. The lowest BCUT2D eigenvalue weighted by Crippen LogP contribution is -2.25. The molecule has 0 bridgehead atoms. The van der Waals surface area contributed by atoms with Gasteiger partial charge in [0.05, 0.1) is 0 Å². The van der Waals surface area contributed by atoms with E-state index in [2.05, 4.69) is 41.3 Å². The van der Waals surface area contributed by atoms with Gasteiger partial charge in [-0.15, -0.1) is 0 Å². The fourth-order valence-electron chi connectivity index (χ4n) is 2.59. The van der Waals surface area contributed by atoms with Crippen molar-refractivity contribution in [1.82, 2.24) is 4.98 Å². The number of anilines is 2. The van der Waals surface area contributed by atoms with E-state index in [0.29, 0.717) is 0 Å². The van der Waals surface area contributed by atoms with Crippen molar-refractivity contribution in [2.75, 3.05) is 30.4 Å². The molecule has 1 aliphatic carbocycles. The van der Waals surface area contributed by atoms with Gasteiger partial charge in [-0.3, -0.25) is 0 Å². The lowest BCUT2D eigenvalue weighted by atomic mass is 10.1. The molecule has 0 radical (unpaired) electrons. The summed E-state index contributed by atoms with van der Waals surface area (Å²) in [6.07, 6.45) is 5.58. The Balaban J connectivity index is 1.97. The third-order valence-corrected chi connectivity index (χ3v) is 3.49. The molecule has 1 aromatic heterocycles. The van der Waals surface area contributed by atoms with Crippen LogP contribution < -0.4 is 10.2 Å². The predicted molar refractivity (Wildman–Crippen MR) is 73.6 cm³/mol. The maximum Gasteiger partial charge on any atom is 0.130 e. The second-order valence-electron chi connectivity index (χ2n) is 4.94. The van der Waals surface area contributed by atoms with Gasteiger partial charge in [-0.05, 0) is 37.8 Å². The molecule has 1 aromatic rings. The molecule has 2 rings (SSSR count). The van der Waals surface area contributed by atoms with Crippen molar-refractivity contribution in [3.8, 4) is 0 Å². The summed E-state index contributed by atoms with van der Waals surface area (Å²) < 4.78 is 0. The minimum absolute atomic E-state index is 0.865. The van der Waals surface area contributed by atoms with Gasteiger partial charge in [0.2, 0.25) is 0 Å². The van der Waals surface area contributed by atoms with Gasteiger partial charge in [-0.25, -0.2) is 4.98 Å². The van der Waals surface area contributed by atoms with E-state index >= 15 is 0 Å². The molecule has 0 atom stereocenters. The molecule has 1 N–H and O–H groups in total. The van der Waals surface area contributed by atoms with Gasteiger partial charge in [0.25, 0.3) is 0 Å². The van der Waals surface area contributed by atoms with Crippen LogP contribution in [0.5, 0.6) is 0 Å². The number of nitrogens with zero attached hydrogens (tertiary/aromatic N) is 2. The van der Waals surface area contributed by atoms with Gasteiger partial charge in [0, 0.05) is 20.1 Å². The summed E-state index contributed by atoms with van der Waals surface area (Å²) in [4.78, 5) is 6.91. The Kier molecular flexibility index (Phi) is 4.24. The number of hydrogen-bond acceptors (Lipinski definition) is 3. The first-order valence-electron chi connectivity index (χ1n) is 6.71. The predicted octanol–water partition coefficient (Wildman–Crippen LogP) is 3.14. The molecule has 1 saturated carbocycles. The van der Waals surface area contributed by atoms with Crippen LogP contribution in [0.1, 0.15) is 32.6 Å². The van der Waals surface area contributed by atoms with Crippen LogP contribution in [0.25, 0.3) is 0 Å². The normalized spacial score (nSPS) is 16.1. The molecule has 3 nitrogen and oxygen atoms in total. The van der Waals surface area contributed by atoms with Crippen LogP contribution in [0.3, 0.4) is 0 Å². The number of aromatic nitrogens is 1. The fourth-order valence-corrected chi connectivity index (χ4v) is 2.59. The molecule has 1 heterocycles. The number of pyridine rings is 1. The van der Waals surface area contributed by atoms with Gasteiger partial charge in [0.15, 0.2) is 0 Å². The second kappa shape index (κ2) is 5.89. The van der Waals surface area contributed by atoms with Crippen LogP contribution in [0.15, 0.2) is 18.2 Å². The van der Waals surface area contributed by atoms with Gasteiger partial charge in [-0.2, -0.15) is 0 Å². The Hall–Kier alpha value is -1.25. The Bertz CT molecular complexity index is 345.